The van der Waals surface area contributed by atoms with E-state index in [2.05, 4.69) is 4.98 Å². The maximum atomic E-state index is 8.82. The van der Waals surface area contributed by atoms with Gasteiger partial charge in [0.15, 0.2) is 5.89 Å². The van der Waals surface area contributed by atoms with Gasteiger partial charge in [0.25, 0.3) is 0 Å². The highest BCUT2D eigenvalue weighted by Crippen LogP contribution is 1.98. The molecule has 1 rings (SSSR count). The molecule has 1 N–H and O–H groups in total. The fraction of sp³-hybridized carbons (Fsp3) is 0.500. The first-order valence-electron chi connectivity index (χ1n) is 2.85. The lowest BCUT2D eigenvalue weighted by molar-refractivity contribution is 0.185. The lowest BCUT2D eigenvalue weighted by Gasteiger charge is -1.96. The van der Waals surface area contributed by atoms with Crippen molar-refractivity contribution in [1.29, 1.82) is 0 Å². The predicted molar refractivity (Wildman–Crippen MR) is 31.9 cm³/mol. The van der Waals surface area contributed by atoms with Crippen molar-refractivity contribution in [2.75, 3.05) is 0 Å². The molecule has 0 aliphatic heterocycles. The number of aliphatic hydroxyl groups excluding tert-OH is 1. The van der Waals surface area contributed by atoms with Crippen LogP contribution in [0.25, 0.3) is 0 Å². The predicted octanol–water partition coefficient (Wildman–Crippen LogP) is 0.598. The van der Waals surface area contributed by atoms with Gasteiger partial charge in [0.1, 0.15) is 6.26 Å². The Morgan fingerprint density at radius 2 is 2.67 bits per heavy atom. The fourth-order valence-corrected chi connectivity index (χ4v) is 0.606. The third kappa shape index (κ3) is 1.85. The number of aliphatic hydroxyl groups is 1. The lowest BCUT2D eigenvalue weighted by atomic mass is 10.3. The van der Waals surface area contributed by atoms with E-state index in [9.17, 15) is 0 Å². The van der Waals surface area contributed by atoms with Crippen LogP contribution in [-0.2, 0) is 6.42 Å². The molecule has 0 bridgehead atoms. The molecule has 1 aromatic heterocycles. The van der Waals surface area contributed by atoms with Gasteiger partial charge in [-0.2, -0.15) is 0 Å². The quantitative estimate of drug-likeness (QED) is 0.632. The van der Waals surface area contributed by atoms with Crippen molar-refractivity contribution < 1.29 is 9.52 Å². The Balaban J connectivity index is 2.48. The third-order valence-corrected chi connectivity index (χ3v) is 0.953. The van der Waals surface area contributed by atoms with E-state index in [0.29, 0.717) is 12.3 Å². The molecule has 3 nitrogen and oxygen atoms in total. The van der Waals surface area contributed by atoms with E-state index in [1.807, 2.05) is 0 Å². The Kier molecular flexibility index (Phi) is 1.85. The second-order valence-electron chi connectivity index (χ2n) is 1.98. The molecule has 0 fully saturated rings. The highest BCUT2D eigenvalue weighted by Gasteiger charge is 2.00. The van der Waals surface area contributed by atoms with Crippen molar-refractivity contribution in [3.63, 3.8) is 0 Å². The smallest absolute Gasteiger partial charge is 0.196 e. The molecule has 1 heterocycles. The van der Waals surface area contributed by atoms with Gasteiger partial charge in [-0.15, -0.1) is 0 Å². The summed E-state index contributed by atoms with van der Waals surface area (Å²) in [6, 6.07) is 0. The van der Waals surface area contributed by atoms with Crippen LogP contribution in [0.2, 0.25) is 0 Å². The zero-order valence-corrected chi connectivity index (χ0v) is 5.24. The van der Waals surface area contributed by atoms with Crippen molar-refractivity contribution in [2.45, 2.75) is 19.4 Å². The zero-order valence-electron chi connectivity index (χ0n) is 5.24. The molecule has 50 valence electrons. The topological polar surface area (TPSA) is 46.3 Å². The molecular formula is C6H9NO2. The number of hydrogen-bond donors (Lipinski definition) is 1. The van der Waals surface area contributed by atoms with E-state index >= 15 is 0 Å². The Bertz CT molecular complexity index is 158. The summed E-state index contributed by atoms with van der Waals surface area (Å²) < 4.78 is 4.87. The summed E-state index contributed by atoms with van der Waals surface area (Å²) in [7, 11) is 0. The van der Waals surface area contributed by atoms with Gasteiger partial charge in [-0.1, -0.05) is 0 Å². The molecule has 0 aromatic carbocycles. The minimum atomic E-state index is -0.372. The molecule has 0 saturated heterocycles. The maximum Gasteiger partial charge on any atom is 0.196 e. The molecule has 0 aliphatic carbocycles. The van der Waals surface area contributed by atoms with E-state index in [4.69, 9.17) is 9.52 Å². The van der Waals surface area contributed by atoms with E-state index in [1.54, 1.807) is 13.1 Å². The molecule has 0 spiro atoms. The highest BCUT2D eigenvalue weighted by atomic mass is 16.3. The van der Waals surface area contributed by atoms with E-state index in [-0.39, 0.29) is 6.10 Å². The Morgan fingerprint density at radius 1 is 1.89 bits per heavy atom. The number of aromatic nitrogens is 1. The van der Waals surface area contributed by atoms with Crippen molar-refractivity contribution >= 4 is 0 Å². The van der Waals surface area contributed by atoms with Crippen molar-refractivity contribution in [3.8, 4) is 0 Å². The van der Waals surface area contributed by atoms with Gasteiger partial charge in [0, 0.05) is 6.42 Å². The van der Waals surface area contributed by atoms with Gasteiger partial charge in [0.2, 0.25) is 0 Å². The van der Waals surface area contributed by atoms with Gasteiger partial charge >= 0.3 is 0 Å². The molecular weight excluding hydrogens is 118 g/mol. The van der Waals surface area contributed by atoms with Crippen LogP contribution in [0.4, 0.5) is 0 Å². The first kappa shape index (κ1) is 6.29. The first-order chi connectivity index (χ1) is 4.29. The van der Waals surface area contributed by atoms with Crippen LogP contribution in [0.5, 0.6) is 0 Å². The van der Waals surface area contributed by atoms with Crippen molar-refractivity contribution in [2.24, 2.45) is 0 Å². The Morgan fingerprint density at radius 3 is 3.11 bits per heavy atom. The standard InChI is InChI=1S/C6H9NO2/c1-5(8)4-6-7-2-3-9-6/h2-3,5,8H,4H2,1H3. The summed E-state index contributed by atoms with van der Waals surface area (Å²) in [6.45, 7) is 1.70. The summed E-state index contributed by atoms with van der Waals surface area (Å²) in [6.07, 6.45) is 3.19. The number of oxazole rings is 1. The van der Waals surface area contributed by atoms with E-state index in [0.717, 1.165) is 0 Å². The highest BCUT2D eigenvalue weighted by molar-refractivity contribution is 4.81. The lowest BCUT2D eigenvalue weighted by Crippen LogP contribution is -2.03. The minimum absolute atomic E-state index is 0.372. The van der Waals surface area contributed by atoms with Crippen LogP contribution in [0.15, 0.2) is 16.9 Å². The summed E-state index contributed by atoms with van der Waals surface area (Å²) in [5.74, 6) is 0.588. The second-order valence-corrected chi connectivity index (χ2v) is 1.98. The average molecular weight is 127 g/mol. The monoisotopic (exact) mass is 127 g/mol. The number of nitrogens with zero attached hydrogens (tertiary/aromatic N) is 1. The van der Waals surface area contributed by atoms with Crippen LogP contribution in [0, 0.1) is 0 Å². The van der Waals surface area contributed by atoms with Gasteiger partial charge in [-0.3, -0.25) is 0 Å². The average Bonchev–Trinajstić information content (AvgIpc) is 2.15. The van der Waals surface area contributed by atoms with Gasteiger partial charge in [-0.25, -0.2) is 4.98 Å². The molecule has 1 atom stereocenters. The summed E-state index contributed by atoms with van der Waals surface area (Å²) >= 11 is 0. The normalized spacial score (nSPS) is 13.6. The number of rotatable bonds is 2. The zero-order chi connectivity index (χ0) is 6.69. The molecule has 1 aromatic rings. The second kappa shape index (κ2) is 2.64. The molecule has 0 amide bonds. The minimum Gasteiger partial charge on any atom is -0.449 e. The van der Waals surface area contributed by atoms with Crippen LogP contribution in [-0.4, -0.2) is 16.2 Å². The first-order valence-corrected chi connectivity index (χ1v) is 2.85. The van der Waals surface area contributed by atoms with Gasteiger partial charge in [0.05, 0.1) is 12.3 Å². The van der Waals surface area contributed by atoms with Crippen LogP contribution < -0.4 is 0 Å². The van der Waals surface area contributed by atoms with Crippen molar-refractivity contribution in [1.82, 2.24) is 4.98 Å². The molecule has 0 radical (unpaired) electrons. The fourth-order valence-electron chi connectivity index (χ4n) is 0.606. The summed E-state index contributed by atoms with van der Waals surface area (Å²) in [5.41, 5.74) is 0. The Labute approximate surface area is 53.3 Å². The Hall–Kier alpha value is -0.830. The molecule has 3 heteroatoms. The molecule has 0 saturated carbocycles. The van der Waals surface area contributed by atoms with E-state index in [1.165, 1.54) is 6.26 Å². The van der Waals surface area contributed by atoms with Crippen LogP contribution >= 0.6 is 0 Å². The van der Waals surface area contributed by atoms with Gasteiger partial charge in [-0.05, 0) is 6.92 Å². The summed E-state index contributed by atoms with van der Waals surface area (Å²) in [4.78, 5) is 3.83. The van der Waals surface area contributed by atoms with Gasteiger partial charge < -0.3 is 9.52 Å². The van der Waals surface area contributed by atoms with Crippen LogP contribution in [0.3, 0.4) is 0 Å². The van der Waals surface area contributed by atoms with Crippen molar-refractivity contribution in [3.05, 3.63) is 18.4 Å². The van der Waals surface area contributed by atoms with Crippen LogP contribution in [0.1, 0.15) is 12.8 Å². The molecule has 0 aliphatic rings. The third-order valence-electron chi connectivity index (χ3n) is 0.953. The maximum absolute atomic E-state index is 8.82. The molecule has 9 heavy (non-hydrogen) atoms. The largest absolute Gasteiger partial charge is 0.449 e. The van der Waals surface area contributed by atoms with E-state index < -0.39 is 0 Å². The summed E-state index contributed by atoms with van der Waals surface area (Å²) in [5, 5.41) is 8.82. The molecule has 1 unspecified atom stereocenters. The number of hydrogen-bond acceptors (Lipinski definition) is 3. The SMILES string of the molecule is CC(O)Cc1ncco1.